The number of sulfonamides is 1. The Balaban J connectivity index is 1.83. The lowest BCUT2D eigenvalue weighted by molar-refractivity contribution is 0.200. The summed E-state index contributed by atoms with van der Waals surface area (Å²) in [5.74, 6) is 0.567. The standard InChI is InChI=1S/C16H26N2O2S/c1-13(2)15-6-4-14(5-7-15)12-18-10-8-16(9-11-18)17-21(3,19)20/h4-7,13,16-17H,8-12H2,1-3H3. The maximum absolute atomic E-state index is 11.2. The van der Waals surface area contributed by atoms with Gasteiger partial charge in [0.25, 0.3) is 0 Å². The van der Waals surface area contributed by atoms with Gasteiger partial charge < -0.3 is 0 Å². The smallest absolute Gasteiger partial charge is 0.208 e. The predicted molar refractivity (Wildman–Crippen MR) is 86.8 cm³/mol. The third-order valence-corrected chi connectivity index (χ3v) is 4.78. The summed E-state index contributed by atoms with van der Waals surface area (Å²) < 4.78 is 25.2. The second-order valence-electron chi connectivity index (χ2n) is 6.34. The van der Waals surface area contributed by atoms with Gasteiger partial charge in [0.15, 0.2) is 0 Å². The van der Waals surface area contributed by atoms with Crippen LogP contribution in [0.4, 0.5) is 0 Å². The molecule has 1 heterocycles. The molecule has 0 bridgehead atoms. The minimum atomic E-state index is -3.08. The Morgan fingerprint density at radius 3 is 2.24 bits per heavy atom. The molecule has 1 aliphatic heterocycles. The van der Waals surface area contributed by atoms with Gasteiger partial charge in [0.2, 0.25) is 10.0 Å². The van der Waals surface area contributed by atoms with E-state index in [1.54, 1.807) is 0 Å². The summed E-state index contributed by atoms with van der Waals surface area (Å²) in [5, 5.41) is 0. The molecule has 0 unspecified atom stereocenters. The lowest BCUT2D eigenvalue weighted by atomic mass is 10.0. The van der Waals surface area contributed by atoms with Gasteiger partial charge in [-0.05, 0) is 29.9 Å². The van der Waals surface area contributed by atoms with E-state index in [4.69, 9.17) is 0 Å². The van der Waals surface area contributed by atoms with Gasteiger partial charge >= 0.3 is 0 Å². The van der Waals surface area contributed by atoms with Crippen molar-refractivity contribution in [1.82, 2.24) is 9.62 Å². The molecule has 1 aliphatic rings. The van der Waals surface area contributed by atoms with Crippen molar-refractivity contribution in [3.8, 4) is 0 Å². The van der Waals surface area contributed by atoms with Crippen LogP contribution in [0.5, 0.6) is 0 Å². The highest BCUT2D eigenvalue weighted by Gasteiger charge is 2.21. The molecule has 5 heteroatoms. The Morgan fingerprint density at radius 1 is 1.19 bits per heavy atom. The van der Waals surface area contributed by atoms with Crippen LogP contribution in [-0.2, 0) is 16.6 Å². The van der Waals surface area contributed by atoms with Gasteiger partial charge in [0.1, 0.15) is 0 Å². The van der Waals surface area contributed by atoms with Gasteiger partial charge in [-0.15, -0.1) is 0 Å². The van der Waals surface area contributed by atoms with Gasteiger partial charge in [-0.3, -0.25) is 4.90 Å². The van der Waals surface area contributed by atoms with Gasteiger partial charge in [0.05, 0.1) is 6.26 Å². The Bertz CT molecular complexity index is 544. The highest BCUT2D eigenvalue weighted by atomic mass is 32.2. The van der Waals surface area contributed by atoms with Crippen molar-refractivity contribution in [1.29, 1.82) is 0 Å². The maximum atomic E-state index is 11.2. The number of hydrogen-bond donors (Lipinski definition) is 1. The molecule has 1 aromatic rings. The zero-order chi connectivity index (χ0) is 15.5. The first-order valence-corrected chi connectivity index (χ1v) is 9.51. The van der Waals surface area contributed by atoms with Crippen LogP contribution in [0.1, 0.15) is 43.7 Å². The van der Waals surface area contributed by atoms with E-state index < -0.39 is 10.0 Å². The van der Waals surface area contributed by atoms with Crippen molar-refractivity contribution in [3.63, 3.8) is 0 Å². The van der Waals surface area contributed by atoms with E-state index in [-0.39, 0.29) is 6.04 Å². The molecule has 1 saturated heterocycles. The molecular formula is C16H26N2O2S. The van der Waals surface area contributed by atoms with Crippen molar-refractivity contribution < 1.29 is 8.42 Å². The van der Waals surface area contributed by atoms with Crippen LogP contribution in [0.15, 0.2) is 24.3 Å². The van der Waals surface area contributed by atoms with Crippen LogP contribution in [0.2, 0.25) is 0 Å². The number of rotatable bonds is 5. The first-order valence-electron chi connectivity index (χ1n) is 7.62. The van der Waals surface area contributed by atoms with E-state index in [1.807, 2.05) is 0 Å². The van der Waals surface area contributed by atoms with Crippen LogP contribution >= 0.6 is 0 Å². The number of nitrogens with one attached hydrogen (secondary N) is 1. The maximum Gasteiger partial charge on any atom is 0.208 e. The summed E-state index contributed by atoms with van der Waals surface area (Å²) in [7, 11) is -3.08. The molecule has 0 atom stereocenters. The third kappa shape index (κ3) is 5.41. The molecule has 1 N–H and O–H groups in total. The summed E-state index contributed by atoms with van der Waals surface area (Å²) in [4.78, 5) is 2.39. The SMILES string of the molecule is CC(C)c1ccc(CN2CCC(NS(C)(=O)=O)CC2)cc1. The molecule has 4 nitrogen and oxygen atoms in total. The fraction of sp³-hybridized carbons (Fsp3) is 0.625. The fourth-order valence-electron chi connectivity index (χ4n) is 2.78. The Kier molecular flexibility index (Phi) is 5.41. The highest BCUT2D eigenvalue weighted by Crippen LogP contribution is 2.18. The minimum Gasteiger partial charge on any atom is -0.299 e. The average molecular weight is 310 g/mol. The molecule has 1 fully saturated rings. The average Bonchev–Trinajstić information content (AvgIpc) is 2.40. The predicted octanol–water partition coefficient (Wildman–Crippen LogP) is 2.32. The second-order valence-corrected chi connectivity index (χ2v) is 8.12. The zero-order valence-corrected chi connectivity index (χ0v) is 14.0. The Hall–Kier alpha value is -0.910. The number of piperidine rings is 1. The van der Waals surface area contributed by atoms with E-state index in [2.05, 4.69) is 47.7 Å². The van der Waals surface area contributed by atoms with Crippen molar-refractivity contribution in [3.05, 3.63) is 35.4 Å². The van der Waals surface area contributed by atoms with E-state index in [0.29, 0.717) is 5.92 Å². The molecule has 0 radical (unpaired) electrons. The van der Waals surface area contributed by atoms with Gasteiger partial charge in [-0.1, -0.05) is 38.1 Å². The van der Waals surface area contributed by atoms with Gasteiger partial charge in [-0.25, -0.2) is 13.1 Å². The molecule has 1 aromatic carbocycles. The van der Waals surface area contributed by atoms with E-state index in [1.165, 1.54) is 17.4 Å². The number of likely N-dealkylation sites (tertiary alicyclic amines) is 1. The van der Waals surface area contributed by atoms with Crippen LogP contribution in [-0.4, -0.2) is 38.7 Å². The number of nitrogens with zero attached hydrogens (tertiary/aromatic N) is 1. The zero-order valence-electron chi connectivity index (χ0n) is 13.2. The van der Waals surface area contributed by atoms with Gasteiger partial charge in [-0.2, -0.15) is 0 Å². The summed E-state index contributed by atoms with van der Waals surface area (Å²) in [6.45, 7) is 7.24. The fourth-order valence-corrected chi connectivity index (χ4v) is 3.62. The molecule has 0 amide bonds. The van der Waals surface area contributed by atoms with Crippen molar-refractivity contribution in [2.24, 2.45) is 0 Å². The monoisotopic (exact) mass is 310 g/mol. The van der Waals surface area contributed by atoms with Crippen molar-refractivity contribution in [2.75, 3.05) is 19.3 Å². The molecule has 118 valence electrons. The van der Waals surface area contributed by atoms with Crippen LogP contribution < -0.4 is 4.72 Å². The summed E-state index contributed by atoms with van der Waals surface area (Å²) in [6, 6.07) is 8.92. The quantitative estimate of drug-likeness (QED) is 0.908. The molecule has 0 aliphatic carbocycles. The third-order valence-electron chi connectivity index (χ3n) is 4.02. The first kappa shape index (κ1) is 16.5. The van der Waals surface area contributed by atoms with Gasteiger partial charge in [0, 0.05) is 25.7 Å². The minimum absolute atomic E-state index is 0.0968. The molecule has 21 heavy (non-hydrogen) atoms. The van der Waals surface area contributed by atoms with Crippen LogP contribution in [0.3, 0.4) is 0 Å². The normalized spacial score (nSPS) is 18.3. The first-order chi connectivity index (χ1) is 9.83. The molecule has 2 rings (SSSR count). The van der Waals surface area contributed by atoms with Crippen LogP contribution in [0, 0.1) is 0 Å². The number of benzene rings is 1. The molecule has 0 spiro atoms. The Labute approximate surface area is 128 Å². The second kappa shape index (κ2) is 6.90. The number of hydrogen-bond acceptors (Lipinski definition) is 3. The largest absolute Gasteiger partial charge is 0.299 e. The van der Waals surface area contributed by atoms with Crippen molar-refractivity contribution in [2.45, 2.75) is 45.2 Å². The summed E-state index contributed by atoms with van der Waals surface area (Å²) in [6.07, 6.45) is 3.00. The van der Waals surface area contributed by atoms with E-state index in [9.17, 15) is 8.42 Å². The molecule has 0 saturated carbocycles. The van der Waals surface area contributed by atoms with Crippen LogP contribution in [0.25, 0.3) is 0 Å². The van der Waals surface area contributed by atoms with E-state index in [0.717, 1.165) is 32.5 Å². The molecular weight excluding hydrogens is 284 g/mol. The van der Waals surface area contributed by atoms with Crippen molar-refractivity contribution >= 4 is 10.0 Å². The lowest BCUT2D eigenvalue weighted by Gasteiger charge is -2.32. The topological polar surface area (TPSA) is 49.4 Å². The highest BCUT2D eigenvalue weighted by molar-refractivity contribution is 7.88. The Morgan fingerprint density at radius 2 is 1.76 bits per heavy atom. The van der Waals surface area contributed by atoms with E-state index >= 15 is 0 Å². The summed E-state index contributed by atoms with van der Waals surface area (Å²) >= 11 is 0. The lowest BCUT2D eigenvalue weighted by Crippen LogP contribution is -2.43. The summed E-state index contributed by atoms with van der Waals surface area (Å²) in [5.41, 5.74) is 2.70. The molecule has 0 aromatic heterocycles.